The zero-order valence-corrected chi connectivity index (χ0v) is 25.9. The maximum Gasteiger partial charge on any atom is 0.0468 e. The van der Waals surface area contributed by atoms with Crippen LogP contribution < -0.4 is 4.90 Å². The molecule has 1 heterocycles. The summed E-state index contributed by atoms with van der Waals surface area (Å²) in [6, 6.07) is 64.0. The summed E-state index contributed by atoms with van der Waals surface area (Å²) < 4.78 is 2.65. The van der Waals surface area contributed by atoms with Crippen LogP contribution in [-0.4, -0.2) is 0 Å². The molecule has 9 rings (SSSR count). The molecule has 8 aromatic carbocycles. The fraction of sp³-hybridized carbons (Fsp3) is 0. The van der Waals surface area contributed by atoms with Gasteiger partial charge in [0, 0.05) is 37.2 Å². The monoisotopic (exact) mass is 603 g/mol. The van der Waals surface area contributed by atoms with Crippen molar-refractivity contribution in [2.75, 3.05) is 4.90 Å². The number of hydrogen-bond donors (Lipinski definition) is 0. The predicted octanol–water partition coefficient (Wildman–Crippen LogP) is 13.2. The highest BCUT2D eigenvalue weighted by atomic mass is 32.1. The van der Waals surface area contributed by atoms with Gasteiger partial charge < -0.3 is 4.90 Å². The first-order chi connectivity index (χ1) is 22.8. The minimum absolute atomic E-state index is 1.12. The molecule has 2 heteroatoms. The summed E-state index contributed by atoms with van der Waals surface area (Å²) in [5.74, 6) is 0. The number of benzene rings is 8. The average molecular weight is 604 g/mol. The molecular formula is C44H29NS. The Labute approximate surface area is 272 Å². The zero-order chi connectivity index (χ0) is 30.5. The molecule has 0 fully saturated rings. The highest BCUT2D eigenvalue weighted by molar-refractivity contribution is 7.26. The van der Waals surface area contributed by atoms with Gasteiger partial charge >= 0.3 is 0 Å². The van der Waals surface area contributed by atoms with Crippen LogP contribution in [0.4, 0.5) is 17.1 Å². The van der Waals surface area contributed by atoms with Gasteiger partial charge in [-0.3, -0.25) is 0 Å². The van der Waals surface area contributed by atoms with Crippen molar-refractivity contribution in [2.45, 2.75) is 0 Å². The molecule has 0 aliphatic carbocycles. The zero-order valence-electron chi connectivity index (χ0n) is 25.1. The quantitative estimate of drug-likeness (QED) is 0.189. The van der Waals surface area contributed by atoms with Gasteiger partial charge in [0.2, 0.25) is 0 Å². The van der Waals surface area contributed by atoms with Gasteiger partial charge in [-0.25, -0.2) is 0 Å². The average Bonchev–Trinajstić information content (AvgIpc) is 3.52. The molecule has 0 N–H and O–H groups in total. The van der Waals surface area contributed by atoms with Crippen molar-refractivity contribution in [3.05, 3.63) is 176 Å². The van der Waals surface area contributed by atoms with Crippen LogP contribution in [0.5, 0.6) is 0 Å². The molecular weight excluding hydrogens is 575 g/mol. The van der Waals surface area contributed by atoms with E-state index in [1.54, 1.807) is 0 Å². The van der Waals surface area contributed by atoms with Crippen molar-refractivity contribution < 1.29 is 0 Å². The summed E-state index contributed by atoms with van der Waals surface area (Å²) in [5, 5.41) is 7.71. The fourth-order valence-corrected chi connectivity index (χ4v) is 7.96. The van der Waals surface area contributed by atoms with Crippen molar-refractivity contribution in [3.8, 4) is 22.3 Å². The fourth-order valence-electron chi connectivity index (χ4n) is 6.84. The number of anilines is 3. The normalized spacial score (nSPS) is 11.5. The minimum atomic E-state index is 1.12. The van der Waals surface area contributed by atoms with E-state index in [-0.39, 0.29) is 0 Å². The first-order valence-corrected chi connectivity index (χ1v) is 16.5. The highest BCUT2D eigenvalue weighted by Gasteiger charge is 2.17. The third-order valence-electron chi connectivity index (χ3n) is 9.04. The first-order valence-electron chi connectivity index (χ1n) is 15.7. The van der Waals surface area contributed by atoms with Crippen LogP contribution in [0.25, 0.3) is 64.0 Å². The second-order valence-corrected chi connectivity index (χ2v) is 12.9. The number of rotatable bonds is 5. The van der Waals surface area contributed by atoms with E-state index >= 15 is 0 Å². The third kappa shape index (κ3) is 4.54. The second kappa shape index (κ2) is 11.0. The maximum absolute atomic E-state index is 2.40. The van der Waals surface area contributed by atoms with Crippen LogP contribution in [0.1, 0.15) is 0 Å². The second-order valence-electron chi connectivity index (χ2n) is 11.8. The molecule has 0 spiro atoms. The molecule has 0 aliphatic rings. The Bertz CT molecular complexity index is 2520. The van der Waals surface area contributed by atoms with Crippen molar-refractivity contribution in [1.82, 2.24) is 0 Å². The first kappa shape index (κ1) is 26.7. The van der Waals surface area contributed by atoms with Gasteiger partial charge in [-0.2, -0.15) is 0 Å². The van der Waals surface area contributed by atoms with Gasteiger partial charge in [0.15, 0.2) is 0 Å². The molecule has 0 saturated heterocycles. The van der Waals surface area contributed by atoms with E-state index in [9.17, 15) is 0 Å². The molecule has 0 amide bonds. The van der Waals surface area contributed by atoms with Gasteiger partial charge in [-0.05, 0) is 92.3 Å². The topological polar surface area (TPSA) is 3.24 Å². The molecule has 0 aliphatic heterocycles. The van der Waals surface area contributed by atoms with Gasteiger partial charge in [-0.15, -0.1) is 11.3 Å². The molecule has 9 aromatic rings. The highest BCUT2D eigenvalue weighted by Crippen LogP contribution is 2.43. The summed E-state index contributed by atoms with van der Waals surface area (Å²) in [5.41, 5.74) is 8.25. The third-order valence-corrected chi connectivity index (χ3v) is 10.2. The Hall–Kier alpha value is -5.70. The Balaban J connectivity index is 1.25. The smallest absolute Gasteiger partial charge is 0.0468 e. The molecule has 0 saturated carbocycles. The number of nitrogens with zero attached hydrogens (tertiary/aromatic N) is 1. The molecule has 0 radical (unpaired) electrons. The van der Waals surface area contributed by atoms with Crippen molar-refractivity contribution in [2.24, 2.45) is 0 Å². The number of hydrogen-bond acceptors (Lipinski definition) is 2. The van der Waals surface area contributed by atoms with E-state index in [1.165, 1.54) is 64.0 Å². The van der Waals surface area contributed by atoms with E-state index in [0.717, 1.165) is 17.1 Å². The van der Waals surface area contributed by atoms with Crippen LogP contribution in [0.3, 0.4) is 0 Å². The van der Waals surface area contributed by atoms with Gasteiger partial charge in [0.1, 0.15) is 0 Å². The lowest BCUT2D eigenvalue weighted by Gasteiger charge is -2.27. The van der Waals surface area contributed by atoms with Gasteiger partial charge in [-0.1, -0.05) is 127 Å². The van der Waals surface area contributed by atoms with E-state index < -0.39 is 0 Å². The molecule has 1 nitrogen and oxygen atoms in total. The van der Waals surface area contributed by atoms with Crippen LogP contribution >= 0.6 is 11.3 Å². The molecule has 0 unspecified atom stereocenters. The molecule has 216 valence electrons. The SMILES string of the molecule is c1ccc(-c2ccc(N(c3cccc(-c4cccc5ccccc45)c3)c3ccc4ccc5sc6ccccc6c5c4c3)cc2)cc1. The molecule has 46 heavy (non-hydrogen) atoms. The summed E-state index contributed by atoms with van der Waals surface area (Å²) in [6.07, 6.45) is 0. The standard InChI is InChI=1S/C44H29NS/c1-2-10-30(11-3-1)31-20-24-35(25-21-31)45(36-15-8-14-34(28-36)39-18-9-13-32-12-4-5-16-38(32)39)37-26-22-33-23-27-43-44(41(33)29-37)40-17-6-7-19-42(40)46-43/h1-29H. The van der Waals surface area contributed by atoms with Crippen LogP contribution in [0, 0.1) is 0 Å². The number of thiophene rings is 1. The Morgan fingerprint density at radius 1 is 0.348 bits per heavy atom. The van der Waals surface area contributed by atoms with E-state index in [4.69, 9.17) is 0 Å². The molecule has 0 atom stereocenters. The van der Waals surface area contributed by atoms with Crippen LogP contribution in [0.15, 0.2) is 176 Å². The predicted molar refractivity (Wildman–Crippen MR) is 200 cm³/mol. The lowest BCUT2D eigenvalue weighted by molar-refractivity contribution is 1.29. The van der Waals surface area contributed by atoms with E-state index in [2.05, 4.69) is 181 Å². The van der Waals surface area contributed by atoms with Crippen LogP contribution in [0.2, 0.25) is 0 Å². The molecule has 0 bridgehead atoms. The van der Waals surface area contributed by atoms with Gasteiger partial charge in [0.05, 0.1) is 0 Å². The summed E-state index contributed by atoms with van der Waals surface area (Å²) in [6.45, 7) is 0. The van der Waals surface area contributed by atoms with E-state index in [0.29, 0.717) is 0 Å². The Morgan fingerprint density at radius 2 is 0.978 bits per heavy atom. The summed E-state index contributed by atoms with van der Waals surface area (Å²) in [4.78, 5) is 2.40. The van der Waals surface area contributed by atoms with Gasteiger partial charge in [0.25, 0.3) is 0 Å². The molecule has 1 aromatic heterocycles. The minimum Gasteiger partial charge on any atom is -0.310 e. The van der Waals surface area contributed by atoms with E-state index in [1.807, 2.05) is 11.3 Å². The lowest BCUT2D eigenvalue weighted by Crippen LogP contribution is -2.10. The largest absolute Gasteiger partial charge is 0.310 e. The Kier molecular flexibility index (Phi) is 6.40. The summed E-state index contributed by atoms with van der Waals surface area (Å²) in [7, 11) is 0. The van der Waals surface area contributed by atoms with Crippen LogP contribution in [-0.2, 0) is 0 Å². The van der Waals surface area contributed by atoms with Crippen molar-refractivity contribution in [3.63, 3.8) is 0 Å². The van der Waals surface area contributed by atoms with Crippen molar-refractivity contribution >= 4 is 70.1 Å². The lowest BCUT2D eigenvalue weighted by atomic mass is 9.97. The van der Waals surface area contributed by atoms with Crippen molar-refractivity contribution in [1.29, 1.82) is 0 Å². The maximum atomic E-state index is 2.40. The summed E-state index contributed by atoms with van der Waals surface area (Å²) >= 11 is 1.87. The number of fused-ring (bicyclic) bond motifs is 6. The Morgan fingerprint density at radius 3 is 1.87 bits per heavy atom.